The Morgan fingerprint density at radius 1 is 1.19 bits per heavy atom. The third-order valence-corrected chi connectivity index (χ3v) is 6.02. The molecule has 3 nitrogen and oxygen atoms in total. The van der Waals surface area contributed by atoms with E-state index in [0.717, 1.165) is 32.5 Å². The summed E-state index contributed by atoms with van der Waals surface area (Å²) in [6, 6.07) is 15.3. The highest BCUT2D eigenvalue weighted by atomic mass is 35.5. The number of rotatable bonds is 6. The zero-order valence-electron chi connectivity index (χ0n) is 14.6. The second kappa shape index (κ2) is 8.71. The predicted molar refractivity (Wildman–Crippen MR) is 110 cm³/mol. The first kappa shape index (κ1) is 19.0. The second-order valence-corrected chi connectivity index (χ2v) is 8.45. The van der Waals surface area contributed by atoms with Gasteiger partial charge >= 0.3 is 0 Å². The summed E-state index contributed by atoms with van der Waals surface area (Å²) < 4.78 is 0. The zero-order chi connectivity index (χ0) is 18.5. The first-order chi connectivity index (χ1) is 12.5. The number of thiazole rings is 1. The van der Waals surface area contributed by atoms with Crippen LogP contribution in [0.2, 0.25) is 5.02 Å². The minimum atomic E-state index is 0.0116. The molecule has 0 radical (unpaired) electrons. The molecule has 0 unspecified atom stereocenters. The van der Waals surface area contributed by atoms with Gasteiger partial charge in [-0.3, -0.25) is 4.79 Å². The molecule has 0 bridgehead atoms. The van der Waals surface area contributed by atoms with Crippen molar-refractivity contribution in [2.24, 2.45) is 0 Å². The van der Waals surface area contributed by atoms with Crippen molar-refractivity contribution in [1.82, 2.24) is 9.88 Å². The lowest BCUT2D eigenvalue weighted by molar-refractivity contribution is 0.0781. The number of aromatic nitrogens is 1. The second-order valence-electron chi connectivity index (χ2n) is 5.93. The monoisotopic (exact) mass is 402 g/mol. The molecule has 134 valence electrons. The number of carbonyl (C=O) groups excluding carboxylic acids is 1. The number of nitrogens with zero attached hydrogens (tertiary/aromatic N) is 2. The normalized spacial score (nSPS) is 10.7. The van der Waals surface area contributed by atoms with E-state index in [-0.39, 0.29) is 5.91 Å². The Labute approximate surface area is 167 Å². The van der Waals surface area contributed by atoms with Crippen LogP contribution in [0.1, 0.15) is 26.6 Å². The summed E-state index contributed by atoms with van der Waals surface area (Å²) in [5, 5.41) is 3.83. The molecule has 1 heterocycles. The Morgan fingerprint density at radius 2 is 1.92 bits per heavy atom. The number of halogens is 1. The zero-order valence-corrected chi connectivity index (χ0v) is 17.0. The lowest BCUT2D eigenvalue weighted by atomic mass is 10.1. The molecule has 0 aliphatic rings. The van der Waals surface area contributed by atoms with Crippen LogP contribution in [0.3, 0.4) is 0 Å². The molecule has 0 N–H and O–H groups in total. The van der Waals surface area contributed by atoms with Crippen LogP contribution in [0, 0.1) is 6.92 Å². The van der Waals surface area contributed by atoms with Gasteiger partial charge < -0.3 is 4.90 Å². The smallest absolute Gasteiger partial charge is 0.255 e. The molecule has 0 spiro atoms. The molecule has 2 aromatic carbocycles. The van der Waals surface area contributed by atoms with Crippen LogP contribution in [0.15, 0.2) is 58.8 Å². The minimum absolute atomic E-state index is 0.0116. The maximum atomic E-state index is 12.9. The highest BCUT2D eigenvalue weighted by molar-refractivity contribution is 7.98. The first-order valence-corrected chi connectivity index (χ1v) is 10.4. The molecule has 1 amide bonds. The molecule has 1 aromatic heterocycles. The van der Waals surface area contributed by atoms with Crippen LogP contribution < -0.4 is 0 Å². The van der Waals surface area contributed by atoms with Crippen LogP contribution in [-0.4, -0.2) is 22.8 Å². The summed E-state index contributed by atoms with van der Waals surface area (Å²) in [6.07, 6.45) is 0. The van der Waals surface area contributed by atoms with Gasteiger partial charge in [0.25, 0.3) is 5.91 Å². The maximum Gasteiger partial charge on any atom is 0.255 e. The summed E-state index contributed by atoms with van der Waals surface area (Å²) >= 11 is 9.22. The lowest BCUT2D eigenvalue weighted by Gasteiger charge is -2.19. The average molecular weight is 403 g/mol. The standard InChI is InChI=1S/C20H19ClN2OS2/c1-14-22-17(12-25-14)13-26-19-6-4-3-5-18(19)20(24)23(2)11-15-7-9-16(21)10-8-15/h3-10,12H,11,13H2,1-2H3. The SMILES string of the molecule is Cc1nc(CSc2ccccc2C(=O)N(C)Cc2ccc(Cl)cc2)cs1. The van der Waals surface area contributed by atoms with E-state index in [1.165, 1.54) is 0 Å². The predicted octanol–water partition coefficient (Wildman–Crippen LogP) is 5.67. The third-order valence-electron chi connectivity index (χ3n) is 3.84. The van der Waals surface area contributed by atoms with Crippen molar-refractivity contribution in [2.45, 2.75) is 24.1 Å². The Balaban J connectivity index is 1.71. The molecular formula is C20H19ClN2OS2. The van der Waals surface area contributed by atoms with Crippen molar-refractivity contribution in [3.63, 3.8) is 0 Å². The molecule has 0 atom stereocenters. The fourth-order valence-electron chi connectivity index (χ4n) is 2.54. The summed E-state index contributed by atoms with van der Waals surface area (Å²) in [5.41, 5.74) is 2.82. The Morgan fingerprint density at radius 3 is 2.62 bits per heavy atom. The van der Waals surface area contributed by atoms with E-state index in [0.29, 0.717) is 11.6 Å². The lowest BCUT2D eigenvalue weighted by Crippen LogP contribution is -2.26. The van der Waals surface area contributed by atoms with Gasteiger partial charge in [0.15, 0.2) is 0 Å². The van der Waals surface area contributed by atoms with Crippen LogP contribution in [-0.2, 0) is 12.3 Å². The molecule has 26 heavy (non-hydrogen) atoms. The molecular weight excluding hydrogens is 384 g/mol. The van der Waals surface area contributed by atoms with Gasteiger partial charge in [0, 0.05) is 34.6 Å². The maximum absolute atomic E-state index is 12.9. The molecule has 3 aromatic rings. The van der Waals surface area contributed by atoms with E-state index >= 15 is 0 Å². The van der Waals surface area contributed by atoms with Gasteiger partial charge in [-0.05, 0) is 36.8 Å². The van der Waals surface area contributed by atoms with Crippen molar-refractivity contribution in [1.29, 1.82) is 0 Å². The van der Waals surface area contributed by atoms with Crippen molar-refractivity contribution < 1.29 is 4.79 Å². The molecule has 0 aliphatic heterocycles. The number of benzene rings is 2. The van der Waals surface area contributed by atoms with Gasteiger partial charge in [0.2, 0.25) is 0 Å². The van der Waals surface area contributed by atoms with Gasteiger partial charge in [0.1, 0.15) is 0 Å². The first-order valence-electron chi connectivity index (χ1n) is 8.15. The minimum Gasteiger partial charge on any atom is -0.337 e. The Hall–Kier alpha value is -1.82. The van der Waals surface area contributed by atoms with E-state index in [1.807, 2.05) is 62.5 Å². The number of hydrogen-bond acceptors (Lipinski definition) is 4. The molecule has 0 fully saturated rings. The van der Waals surface area contributed by atoms with E-state index in [2.05, 4.69) is 10.4 Å². The van der Waals surface area contributed by atoms with Crippen molar-refractivity contribution in [3.8, 4) is 0 Å². The summed E-state index contributed by atoms with van der Waals surface area (Å²) in [4.78, 5) is 20.1. The van der Waals surface area contributed by atoms with Crippen LogP contribution in [0.4, 0.5) is 0 Å². The summed E-state index contributed by atoms with van der Waals surface area (Å²) in [5.74, 6) is 0.771. The molecule has 3 rings (SSSR count). The number of aryl methyl sites for hydroxylation is 1. The largest absolute Gasteiger partial charge is 0.337 e. The van der Waals surface area contributed by atoms with Gasteiger partial charge in [-0.25, -0.2) is 4.98 Å². The summed E-state index contributed by atoms with van der Waals surface area (Å²) in [7, 11) is 1.82. The molecule has 6 heteroatoms. The quantitative estimate of drug-likeness (QED) is 0.498. The van der Waals surface area contributed by atoms with Gasteiger partial charge in [-0.2, -0.15) is 0 Å². The molecule has 0 saturated carbocycles. The van der Waals surface area contributed by atoms with E-state index in [4.69, 9.17) is 11.6 Å². The van der Waals surface area contributed by atoms with Gasteiger partial charge in [0.05, 0.1) is 16.3 Å². The fourth-order valence-corrected chi connectivity index (χ4v) is 4.32. The van der Waals surface area contributed by atoms with E-state index in [9.17, 15) is 4.79 Å². The number of hydrogen-bond donors (Lipinski definition) is 0. The molecule has 0 saturated heterocycles. The number of amides is 1. The third kappa shape index (κ3) is 4.87. The highest BCUT2D eigenvalue weighted by Crippen LogP contribution is 2.28. The van der Waals surface area contributed by atoms with E-state index in [1.54, 1.807) is 28.0 Å². The summed E-state index contributed by atoms with van der Waals surface area (Å²) in [6.45, 7) is 2.54. The van der Waals surface area contributed by atoms with Crippen molar-refractivity contribution in [2.75, 3.05) is 7.05 Å². The van der Waals surface area contributed by atoms with E-state index < -0.39 is 0 Å². The van der Waals surface area contributed by atoms with Crippen molar-refractivity contribution >= 4 is 40.6 Å². The van der Waals surface area contributed by atoms with Gasteiger partial charge in [-0.15, -0.1) is 23.1 Å². The Kier molecular flexibility index (Phi) is 6.35. The Bertz CT molecular complexity index is 893. The van der Waals surface area contributed by atoms with Crippen LogP contribution in [0.25, 0.3) is 0 Å². The van der Waals surface area contributed by atoms with Crippen molar-refractivity contribution in [3.05, 3.63) is 80.8 Å². The fraction of sp³-hybridized carbons (Fsp3) is 0.200. The highest BCUT2D eigenvalue weighted by Gasteiger charge is 2.16. The number of carbonyl (C=O) groups is 1. The van der Waals surface area contributed by atoms with Crippen LogP contribution in [0.5, 0.6) is 0 Å². The number of thioether (sulfide) groups is 1. The average Bonchev–Trinajstić information content (AvgIpc) is 3.07. The van der Waals surface area contributed by atoms with Gasteiger partial charge in [-0.1, -0.05) is 35.9 Å². The molecule has 0 aliphatic carbocycles. The topological polar surface area (TPSA) is 33.2 Å². The van der Waals surface area contributed by atoms with Crippen LogP contribution >= 0.6 is 34.7 Å².